The summed E-state index contributed by atoms with van der Waals surface area (Å²) in [6.45, 7) is 4.45. The van der Waals surface area contributed by atoms with Gasteiger partial charge in [-0.25, -0.2) is 0 Å². The van der Waals surface area contributed by atoms with Gasteiger partial charge < -0.3 is 10.1 Å². The fraction of sp³-hybridized carbons (Fsp3) is 0.941. The Kier molecular flexibility index (Phi) is 6.60. The van der Waals surface area contributed by atoms with E-state index in [9.17, 15) is 0 Å². The van der Waals surface area contributed by atoms with Crippen LogP contribution in [-0.4, -0.2) is 17.3 Å². The molecule has 2 fully saturated rings. The van der Waals surface area contributed by atoms with Crippen LogP contribution in [0.5, 0.6) is 0 Å². The molecule has 2 atom stereocenters. The summed E-state index contributed by atoms with van der Waals surface area (Å²) in [6.07, 6.45) is 13.8. The molecule has 0 aromatic heterocycles. The van der Waals surface area contributed by atoms with Gasteiger partial charge in [-0.2, -0.15) is 0 Å². The summed E-state index contributed by atoms with van der Waals surface area (Å²) in [6, 6.07) is 0.460. The van der Waals surface area contributed by atoms with E-state index in [0.717, 1.165) is 5.92 Å². The molecule has 0 radical (unpaired) electrons. The quantitative estimate of drug-likeness (QED) is 0.752. The Bertz CT molecular complexity index is 267. The Balaban J connectivity index is 1.70. The zero-order valence-electron chi connectivity index (χ0n) is 13.2. The van der Waals surface area contributed by atoms with Crippen LogP contribution in [0.3, 0.4) is 0 Å². The van der Waals surface area contributed by atoms with Crippen LogP contribution in [0.15, 0.2) is 0 Å². The molecule has 3 heteroatoms. The molecule has 2 unspecified atom stereocenters. The highest BCUT2D eigenvalue weighted by atomic mass is 32.1. The van der Waals surface area contributed by atoms with E-state index in [-0.39, 0.29) is 6.10 Å². The summed E-state index contributed by atoms with van der Waals surface area (Å²) in [5, 5.41) is 4.05. The summed E-state index contributed by atoms with van der Waals surface area (Å²) in [5.74, 6) is 1.48. The average Bonchev–Trinajstić information content (AvgIpc) is 2.49. The molecule has 0 spiro atoms. The second kappa shape index (κ2) is 8.21. The van der Waals surface area contributed by atoms with Crippen LogP contribution in [0, 0.1) is 11.8 Å². The maximum Gasteiger partial charge on any atom is 0.257 e. The lowest BCUT2D eigenvalue weighted by Crippen LogP contribution is -2.41. The molecule has 116 valence electrons. The molecule has 2 nitrogen and oxygen atoms in total. The van der Waals surface area contributed by atoms with Crippen LogP contribution < -0.4 is 5.32 Å². The molecule has 1 N–H and O–H groups in total. The smallest absolute Gasteiger partial charge is 0.257 e. The number of rotatable bonds is 4. The molecule has 2 saturated carbocycles. The first-order chi connectivity index (χ1) is 9.66. The maximum atomic E-state index is 5.97. The van der Waals surface area contributed by atoms with Gasteiger partial charge in [0.25, 0.3) is 5.17 Å². The van der Waals surface area contributed by atoms with Gasteiger partial charge in [0.15, 0.2) is 0 Å². The minimum atomic E-state index is 0.272. The Morgan fingerprint density at radius 1 is 0.900 bits per heavy atom. The predicted molar refractivity (Wildman–Crippen MR) is 88.9 cm³/mol. The van der Waals surface area contributed by atoms with Crippen molar-refractivity contribution in [2.75, 3.05) is 0 Å². The molecule has 0 bridgehead atoms. The van der Waals surface area contributed by atoms with E-state index >= 15 is 0 Å². The van der Waals surface area contributed by atoms with E-state index in [0.29, 0.717) is 17.1 Å². The van der Waals surface area contributed by atoms with E-state index in [1.807, 2.05) is 0 Å². The molecule has 2 aliphatic carbocycles. The molecular formula is C17H31NOS. The molecule has 20 heavy (non-hydrogen) atoms. The number of thiocarbonyl (C=S) groups is 1. The Morgan fingerprint density at radius 2 is 1.40 bits per heavy atom. The SMILES string of the molecule is CC(NC(=S)OC(C)C1CCCCC1)C1CCCCC1. The van der Waals surface area contributed by atoms with Gasteiger partial charge in [-0.15, -0.1) is 0 Å². The van der Waals surface area contributed by atoms with Crippen LogP contribution in [0.1, 0.15) is 78.1 Å². The van der Waals surface area contributed by atoms with Gasteiger partial charge in [0.1, 0.15) is 6.10 Å². The minimum Gasteiger partial charge on any atom is -0.468 e. The van der Waals surface area contributed by atoms with Crippen molar-refractivity contribution in [1.29, 1.82) is 0 Å². The normalized spacial score (nSPS) is 24.9. The monoisotopic (exact) mass is 297 g/mol. The van der Waals surface area contributed by atoms with E-state index in [2.05, 4.69) is 19.2 Å². The molecule has 0 aliphatic heterocycles. The van der Waals surface area contributed by atoms with Gasteiger partial charge >= 0.3 is 0 Å². The standard InChI is InChI=1S/C17H31NOS/c1-13(15-9-5-3-6-10-15)18-17(20)19-14(2)16-11-7-4-8-12-16/h13-16H,3-12H2,1-2H3,(H,18,20). The number of hydrogen-bond donors (Lipinski definition) is 1. The Morgan fingerprint density at radius 3 is 1.95 bits per heavy atom. The Labute approximate surface area is 130 Å². The van der Waals surface area contributed by atoms with E-state index in [4.69, 9.17) is 17.0 Å². The molecule has 2 aliphatic rings. The van der Waals surface area contributed by atoms with Gasteiger partial charge in [0.2, 0.25) is 0 Å². The first kappa shape index (κ1) is 16.1. The van der Waals surface area contributed by atoms with E-state index < -0.39 is 0 Å². The average molecular weight is 298 g/mol. The third-order valence-electron chi connectivity index (χ3n) is 5.31. The predicted octanol–water partition coefficient (Wildman–Crippen LogP) is 4.82. The third-order valence-corrected chi connectivity index (χ3v) is 5.52. The molecule has 2 rings (SSSR count). The topological polar surface area (TPSA) is 21.3 Å². The van der Waals surface area contributed by atoms with Crippen molar-refractivity contribution in [3.63, 3.8) is 0 Å². The Hall–Kier alpha value is -0.310. The van der Waals surface area contributed by atoms with Crippen molar-refractivity contribution in [3.8, 4) is 0 Å². The minimum absolute atomic E-state index is 0.272. The largest absolute Gasteiger partial charge is 0.468 e. The highest BCUT2D eigenvalue weighted by Gasteiger charge is 2.24. The maximum absolute atomic E-state index is 5.97. The summed E-state index contributed by atoms with van der Waals surface area (Å²) in [5.41, 5.74) is 0. The molecule has 0 saturated heterocycles. The highest BCUT2D eigenvalue weighted by Crippen LogP contribution is 2.28. The van der Waals surface area contributed by atoms with Gasteiger partial charge in [-0.1, -0.05) is 38.5 Å². The van der Waals surface area contributed by atoms with Crippen LogP contribution in [-0.2, 0) is 4.74 Å². The molecule has 0 aromatic carbocycles. The zero-order valence-corrected chi connectivity index (χ0v) is 14.0. The van der Waals surface area contributed by atoms with Crippen molar-refractivity contribution >= 4 is 17.4 Å². The third kappa shape index (κ3) is 4.91. The van der Waals surface area contributed by atoms with Gasteiger partial charge in [-0.05, 0) is 63.6 Å². The summed E-state index contributed by atoms with van der Waals surface area (Å²) in [7, 11) is 0. The van der Waals surface area contributed by atoms with Crippen LogP contribution in [0.2, 0.25) is 0 Å². The van der Waals surface area contributed by atoms with Crippen molar-refractivity contribution in [2.24, 2.45) is 11.8 Å². The van der Waals surface area contributed by atoms with Crippen molar-refractivity contribution < 1.29 is 4.74 Å². The number of nitrogens with one attached hydrogen (secondary N) is 1. The fourth-order valence-corrected chi connectivity index (χ4v) is 4.18. The van der Waals surface area contributed by atoms with Gasteiger partial charge in [-0.3, -0.25) is 0 Å². The van der Waals surface area contributed by atoms with Crippen LogP contribution >= 0.6 is 12.2 Å². The van der Waals surface area contributed by atoms with Gasteiger partial charge in [0, 0.05) is 6.04 Å². The second-order valence-electron chi connectivity index (χ2n) is 6.84. The second-order valence-corrected chi connectivity index (χ2v) is 7.21. The molecule has 0 heterocycles. The molecular weight excluding hydrogens is 266 g/mol. The summed E-state index contributed by atoms with van der Waals surface area (Å²) in [4.78, 5) is 0. The van der Waals surface area contributed by atoms with Gasteiger partial charge in [0.05, 0.1) is 0 Å². The van der Waals surface area contributed by atoms with E-state index in [1.165, 1.54) is 64.2 Å². The number of hydrogen-bond acceptors (Lipinski definition) is 2. The first-order valence-electron chi connectivity index (χ1n) is 8.64. The highest BCUT2D eigenvalue weighted by molar-refractivity contribution is 7.80. The lowest BCUT2D eigenvalue weighted by atomic mass is 9.84. The first-order valence-corrected chi connectivity index (χ1v) is 9.05. The lowest BCUT2D eigenvalue weighted by Gasteiger charge is -2.31. The van der Waals surface area contributed by atoms with Crippen LogP contribution in [0.4, 0.5) is 0 Å². The fourth-order valence-electron chi connectivity index (χ4n) is 3.84. The molecule has 0 amide bonds. The van der Waals surface area contributed by atoms with Crippen molar-refractivity contribution in [2.45, 2.75) is 90.2 Å². The van der Waals surface area contributed by atoms with Crippen molar-refractivity contribution in [3.05, 3.63) is 0 Å². The molecule has 0 aromatic rings. The zero-order chi connectivity index (χ0) is 14.4. The summed E-state index contributed by atoms with van der Waals surface area (Å²) >= 11 is 5.41. The number of ether oxygens (including phenoxy) is 1. The van der Waals surface area contributed by atoms with Crippen LogP contribution in [0.25, 0.3) is 0 Å². The van der Waals surface area contributed by atoms with E-state index in [1.54, 1.807) is 0 Å². The lowest BCUT2D eigenvalue weighted by molar-refractivity contribution is 0.108. The summed E-state index contributed by atoms with van der Waals surface area (Å²) < 4.78 is 5.97. The van der Waals surface area contributed by atoms with Crippen molar-refractivity contribution in [1.82, 2.24) is 5.32 Å².